The summed E-state index contributed by atoms with van der Waals surface area (Å²) in [5.41, 5.74) is 5.71. The number of amides is 1. The van der Waals surface area contributed by atoms with Gasteiger partial charge in [0.25, 0.3) is 0 Å². The smallest absolute Gasteiger partial charge is 0.236 e. The van der Waals surface area contributed by atoms with E-state index in [1.165, 1.54) is 0 Å². The van der Waals surface area contributed by atoms with Crippen molar-refractivity contribution in [3.63, 3.8) is 0 Å². The van der Waals surface area contributed by atoms with Crippen LogP contribution in [0.2, 0.25) is 0 Å². The molecule has 0 bridgehead atoms. The summed E-state index contributed by atoms with van der Waals surface area (Å²) < 4.78 is 0. The van der Waals surface area contributed by atoms with E-state index in [9.17, 15) is 4.79 Å². The van der Waals surface area contributed by atoms with Crippen molar-refractivity contribution in [3.8, 4) is 0 Å². The molecule has 1 aliphatic rings. The van der Waals surface area contributed by atoms with Crippen molar-refractivity contribution in [2.75, 3.05) is 57.8 Å². The van der Waals surface area contributed by atoms with Gasteiger partial charge in [0, 0.05) is 46.0 Å². The lowest BCUT2D eigenvalue weighted by Gasteiger charge is -2.36. The summed E-state index contributed by atoms with van der Waals surface area (Å²) in [6, 6.07) is 5.97. The maximum Gasteiger partial charge on any atom is 0.236 e. The van der Waals surface area contributed by atoms with Crippen molar-refractivity contribution in [2.24, 2.45) is 11.1 Å². The average molecular weight is 319 g/mol. The zero-order chi connectivity index (χ0) is 16.9. The minimum absolute atomic E-state index is 0.0396. The summed E-state index contributed by atoms with van der Waals surface area (Å²) in [6.07, 6.45) is 1.82. The van der Waals surface area contributed by atoms with E-state index in [0.717, 1.165) is 32.0 Å². The standard InChI is InChI=1S/C17H29N5O/c1-17(2,13-18)14-20(3)16(23)12-21-8-10-22(11-9-21)15-6-4-5-7-19-15/h4-7H,8-14,18H2,1-3H3. The van der Waals surface area contributed by atoms with E-state index in [0.29, 0.717) is 19.6 Å². The van der Waals surface area contributed by atoms with E-state index >= 15 is 0 Å². The SMILES string of the molecule is CN(CC(C)(C)CN)C(=O)CN1CCN(c2ccccn2)CC1. The highest BCUT2D eigenvalue weighted by Crippen LogP contribution is 2.15. The Labute approximate surface area is 139 Å². The molecule has 0 aliphatic carbocycles. The molecule has 2 heterocycles. The van der Waals surface area contributed by atoms with Gasteiger partial charge in [-0.05, 0) is 24.1 Å². The highest BCUT2D eigenvalue weighted by atomic mass is 16.2. The zero-order valence-corrected chi connectivity index (χ0v) is 14.5. The van der Waals surface area contributed by atoms with Crippen LogP contribution in [0.3, 0.4) is 0 Å². The van der Waals surface area contributed by atoms with Gasteiger partial charge < -0.3 is 15.5 Å². The van der Waals surface area contributed by atoms with Gasteiger partial charge in [-0.25, -0.2) is 4.98 Å². The summed E-state index contributed by atoms with van der Waals surface area (Å²) in [7, 11) is 1.86. The summed E-state index contributed by atoms with van der Waals surface area (Å²) >= 11 is 0. The third kappa shape index (κ3) is 5.18. The first kappa shape index (κ1) is 17.7. The number of hydrogen-bond acceptors (Lipinski definition) is 5. The Morgan fingerprint density at radius 2 is 2.00 bits per heavy atom. The van der Waals surface area contributed by atoms with Crippen LogP contribution in [0.25, 0.3) is 0 Å². The summed E-state index contributed by atoms with van der Waals surface area (Å²) in [5, 5.41) is 0. The van der Waals surface area contributed by atoms with Crippen molar-refractivity contribution >= 4 is 11.7 Å². The van der Waals surface area contributed by atoms with Crippen LogP contribution >= 0.6 is 0 Å². The van der Waals surface area contributed by atoms with Gasteiger partial charge in [0.2, 0.25) is 5.91 Å². The zero-order valence-electron chi connectivity index (χ0n) is 14.5. The summed E-state index contributed by atoms with van der Waals surface area (Å²) in [6.45, 7) is 9.50. The Morgan fingerprint density at radius 1 is 1.30 bits per heavy atom. The number of carbonyl (C=O) groups excluding carboxylic acids is 1. The highest BCUT2D eigenvalue weighted by molar-refractivity contribution is 5.78. The third-order valence-electron chi connectivity index (χ3n) is 4.35. The van der Waals surface area contributed by atoms with Crippen molar-refractivity contribution in [1.29, 1.82) is 0 Å². The molecule has 1 aromatic rings. The second-order valence-corrected chi connectivity index (χ2v) is 7.07. The predicted octanol–water partition coefficient (Wildman–Crippen LogP) is 0.647. The van der Waals surface area contributed by atoms with Gasteiger partial charge in [-0.15, -0.1) is 0 Å². The molecule has 1 fully saturated rings. The molecule has 0 atom stereocenters. The number of rotatable bonds is 6. The first-order valence-electron chi connectivity index (χ1n) is 8.24. The molecular weight excluding hydrogens is 290 g/mol. The van der Waals surface area contributed by atoms with Gasteiger partial charge in [0.1, 0.15) is 5.82 Å². The fraction of sp³-hybridized carbons (Fsp3) is 0.647. The van der Waals surface area contributed by atoms with Crippen molar-refractivity contribution in [2.45, 2.75) is 13.8 Å². The molecule has 6 heteroatoms. The molecule has 2 rings (SSSR count). The lowest BCUT2D eigenvalue weighted by molar-refractivity contribution is -0.132. The van der Waals surface area contributed by atoms with E-state index in [1.807, 2.05) is 31.4 Å². The maximum atomic E-state index is 12.4. The number of pyridine rings is 1. The highest BCUT2D eigenvalue weighted by Gasteiger charge is 2.24. The topological polar surface area (TPSA) is 65.7 Å². The van der Waals surface area contributed by atoms with Gasteiger partial charge in [-0.1, -0.05) is 19.9 Å². The van der Waals surface area contributed by atoms with E-state index in [1.54, 1.807) is 4.90 Å². The molecule has 128 valence electrons. The van der Waals surface area contributed by atoms with Gasteiger partial charge in [0.05, 0.1) is 6.54 Å². The van der Waals surface area contributed by atoms with Crippen molar-refractivity contribution in [3.05, 3.63) is 24.4 Å². The maximum absolute atomic E-state index is 12.4. The van der Waals surface area contributed by atoms with Crippen molar-refractivity contribution in [1.82, 2.24) is 14.8 Å². The Morgan fingerprint density at radius 3 is 2.57 bits per heavy atom. The van der Waals surface area contributed by atoms with Gasteiger partial charge in [-0.3, -0.25) is 9.69 Å². The molecule has 0 saturated carbocycles. The molecule has 23 heavy (non-hydrogen) atoms. The predicted molar refractivity (Wildman–Crippen MR) is 93.4 cm³/mol. The Bertz CT molecular complexity index is 497. The van der Waals surface area contributed by atoms with Gasteiger partial charge in [0.15, 0.2) is 0 Å². The first-order valence-corrected chi connectivity index (χ1v) is 8.24. The number of hydrogen-bond donors (Lipinski definition) is 1. The number of anilines is 1. The van der Waals surface area contributed by atoms with Crippen LogP contribution < -0.4 is 10.6 Å². The number of carbonyl (C=O) groups is 1. The van der Waals surface area contributed by atoms with Crippen LogP contribution in [-0.4, -0.2) is 73.6 Å². The monoisotopic (exact) mass is 319 g/mol. The molecule has 1 saturated heterocycles. The largest absolute Gasteiger partial charge is 0.354 e. The molecule has 0 spiro atoms. The Balaban J connectivity index is 1.79. The normalized spacial score (nSPS) is 16.4. The van der Waals surface area contributed by atoms with Gasteiger partial charge >= 0.3 is 0 Å². The van der Waals surface area contributed by atoms with Crippen LogP contribution in [0.5, 0.6) is 0 Å². The minimum atomic E-state index is -0.0396. The lowest BCUT2D eigenvalue weighted by atomic mass is 9.93. The van der Waals surface area contributed by atoms with Crippen LogP contribution in [0.4, 0.5) is 5.82 Å². The molecule has 0 aromatic carbocycles. The number of piperazine rings is 1. The van der Waals surface area contributed by atoms with Crippen LogP contribution in [0.1, 0.15) is 13.8 Å². The molecule has 6 nitrogen and oxygen atoms in total. The van der Waals surface area contributed by atoms with Crippen molar-refractivity contribution < 1.29 is 4.79 Å². The summed E-state index contributed by atoms with van der Waals surface area (Å²) in [5.74, 6) is 1.18. The van der Waals surface area contributed by atoms with E-state index in [4.69, 9.17) is 5.73 Å². The number of aromatic nitrogens is 1. The average Bonchev–Trinajstić information content (AvgIpc) is 2.56. The fourth-order valence-corrected chi connectivity index (χ4v) is 2.78. The molecular formula is C17H29N5O. The van der Waals surface area contributed by atoms with Gasteiger partial charge in [-0.2, -0.15) is 0 Å². The van der Waals surface area contributed by atoms with Crippen LogP contribution in [0.15, 0.2) is 24.4 Å². The second-order valence-electron chi connectivity index (χ2n) is 7.07. The van der Waals surface area contributed by atoms with E-state index < -0.39 is 0 Å². The Kier molecular flexibility index (Phi) is 5.96. The molecule has 1 aromatic heterocycles. The lowest BCUT2D eigenvalue weighted by Crippen LogP contribution is -2.51. The van der Waals surface area contributed by atoms with Crippen LogP contribution in [0, 0.1) is 5.41 Å². The Hall–Kier alpha value is -1.66. The first-order chi connectivity index (χ1) is 10.9. The fourth-order valence-electron chi connectivity index (χ4n) is 2.78. The number of likely N-dealkylation sites (N-methyl/N-ethyl adjacent to an activating group) is 1. The van der Waals surface area contributed by atoms with Crippen LogP contribution in [-0.2, 0) is 4.79 Å². The number of nitrogens with zero attached hydrogens (tertiary/aromatic N) is 4. The third-order valence-corrected chi connectivity index (χ3v) is 4.35. The quantitative estimate of drug-likeness (QED) is 0.834. The molecule has 0 radical (unpaired) electrons. The van der Waals surface area contributed by atoms with E-state index in [-0.39, 0.29) is 11.3 Å². The molecule has 0 unspecified atom stereocenters. The second kappa shape index (κ2) is 7.75. The molecule has 2 N–H and O–H groups in total. The minimum Gasteiger partial charge on any atom is -0.354 e. The summed E-state index contributed by atoms with van der Waals surface area (Å²) in [4.78, 5) is 23.0. The number of nitrogens with two attached hydrogens (primary N) is 1. The molecule has 1 amide bonds. The van der Waals surface area contributed by atoms with E-state index in [2.05, 4.69) is 28.6 Å². The molecule has 1 aliphatic heterocycles.